The summed E-state index contributed by atoms with van der Waals surface area (Å²) in [7, 11) is 0. The molecule has 1 fully saturated rings. The minimum Gasteiger partial charge on any atom is -0.466 e. The van der Waals surface area contributed by atoms with Gasteiger partial charge in [0.15, 0.2) is 0 Å². The van der Waals surface area contributed by atoms with Gasteiger partial charge in [0.1, 0.15) is 0 Å². The van der Waals surface area contributed by atoms with Crippen LogP contribution < -0.4 is 0 Å². The van der Waals surface area contributed by atoms with Gasteiger partial charge in [-0.3, -0.25) is 4.79 Å². The Morgan fingerprint density at radius 2 is 2.24 bits per heavy atom. The zero-order valence-corrected chi connectivity index (χ0v) is 10.4. The van der Waals surface area contributed by atoms with Crippen LogP contribution >= 0.6 is 0 Å². The highest BCUT2D eigenvalue weighted by molar-refractivity contribution is 5.69. The van der Waals surface area contributed by atoms with Gasteiger partial charge in [-0.15, -0.1) is 0 Å². The molecule has 1 aromatic carbocycles. The maximum Gasteiger partial charge on any atom is 0.306 e. The molecule has 1 aromatic rings. The van der Waals surface area contributed by atoms with Crippen molar-refractivity contribution < 1.29 is 9.53 Å². The van der Waals surface area contributed by atoms with Crippen LogP contribution in [-0.4, -0.2) is 12.6 Å². The second-order valence-electron chi connectivity index (χ2n) is 4.68. The number of carbonyl (C=O) groups excluding carboxylic acids is 1. The maximum absolute atomic E-state index is 11.3. The summed E-state index contributed by atoms with van der Waals surface area (Å²) in [6.07, 6.45) is 5.28. The topological polar surface area (TPSA) is 26.3 Å². The van der Waals surface area contributed by atoms with Gasteiger partial charge in [0, 0.05) is 6.42 Å². The van der Waals surface area contributed by atoms with Crippen molar-refractivity contribution in [3.8, 4) is 0 Å². The third-order valence-corrected chi connectivity index (χ3v) is 3.45. The predicted molar refractivity (Wildman–Crippen MR) is 68.0 cm³/mol. The van der Waals surface area contributed by atoms with E-state index in [0.717, 1.165) is 12.3 Å². The number of ether oxygens (including phenoxy) is 1. The normalized spacial score (nSPS) is 15.4. The van der Waals surface area contributed by atoms with E-state index in [4.69, 9.17) is 4.74 Å². The Morgan fingerprint density at radius 1 is 1.41 bits per heavy atom. The average Bonchev–Trinajstić information content (AvgIpc) is 2.25. The van der Waals surface area contributed by atoms with Crippen LogP contribution in [0.1, 0.15) is 49.7 Å². The Bertz CT molecular complexity index is 380. The smallest absolute Gasteiger partial charge is 0.306 e. The number of hydrogen-bond acceptors (Lipinski definition) is 2. The van der Waals surface area contributed by atoms with Gasteiger partial charge < -0.3 is 4.74 Å². The van der Waals surface area contributed by atoms with Crippen molar-refractivity contribution in [1.82, 2.24) is 0 Å². The quantitative estimate of drug-likeness (QED) is 0.727. The van der Waals surface area contributed by atoms with Crippen molar-refractivity contribution in [2.45, 2.75) is 44.9 Å². The highest BCUT2D eigenvalue weighted by Gasteiger charge is 2.19. The fourth-order valence-electron chi connectivity index (χ4n) is 2.22. The molecule has 0 saturated heterocycles. The van der Waals surface area contributed by atoms with Gasteiger partial charge in [0.05, 0.1) is 6.61 Å². The summed E-state index contributed by atoms with van der Waals surface area (Å²) >= 11 is 0. The fraction of sp³-hybridized carbons (Fsp3) is 0.533. The Hall–Kier alpha value is -1.31. The first kappa shape index (κ1) is 12.2. The summed E-state index contributed by atoms with van der Waals surface area (Å²) in [5, 5.41) is 0. The number of aryl methyl sites for hydroxylation is 1. The first-order valence-electron chi connectivity index (χ1n) is 6.54. The lowest BCUT2D eigenvalue weighted by Gasteiger charge is -2.26. The van der Waals surface area contributed by atoms with Crippen LogP contribution in [0.4, 0.5) is 0 Å². The van der Waals surface area contributed by atoms with Crippen molar-refractivity contribution in [2.75, 3.05) is 6.61 Å². The molecule has 0 atom stereocenters. The van der Waals surface area contributed by atoms with Crippen molar-refractivity contribution in [1.29, 1.82) is 0 Å². The third kappa shape index (κ3) is 3.32. The molecule has 17 heavy (non-hydrogen) atoms. The summed E-state index contributed by atoms with van der Waals surface area (Å²) in [5.74, 6) is 0.666. The standard InChI is InChI=1S/C15H20O2/c1-2-17-15(16)10-9-12-5-3-8-14(11-12)13-6-4-7-13/h3,5,8,11,13H,2,4,6-7,9-10H2,1H3. The molecule has 0 N–H and O–H groups in total. The molecule has 0 heterocycles. The van der Waals surface area contributed by atoms with Crippen LogP contribution in [0.15, 0.2) is 24.3 Å². The highest BCUT2D eigenvalue weighted by atomic mass is 16.5. The summed E-state index contributed by atoms with van der Waals surface area (Å²) in [6.45, 7) is 2.32. The largest absolute Gasteiger partial charge is 0.466 e. The lowest BCUT2D eigenvalue weighted by atomic mass is 9.79. The van der Waals surface area contributed by atoms with Gasteiger partial charge in [-0.2, -0.15) is 0 Å². The molecular formula is C15H20O2. The van der Waals surface area contributed by atoms with Gasteiger partial charge in [-0.05, 0) is 43.2 Å². The zero-order chi connectivity index (χ0) is 12.1. The Kier molecular flexibility index (Phi) is 4.18. The molecule has 0 spiro atoms. The second-order valence-corrected chi connectivity index (χ2v) is 4.68. The van der Waals surface area contributed by atoms with Gasteiger partial charge in [-0.25, -0.2) is 0 Å². The van der Waals surface area contributed by atoms with Crippen LogP contribution in [0.2, 0.25) is 0 Å². The van der Waals surface area contributed by atoms with Crippen molar-refractivity contribution >= 4 is 5.97 Å². The molecular weight excluding hydrogens is 212 g/mol. The second kappa shape index (κ2) is 5.85. The molecule has 1 aliphatic rings. The van der Waals surface area contributed by atoms with Gasteiger partial charge >= 0.3 is 5.97 Å². The molecule has 1 aliphatic carbocycles. The minimum atomic E-state index is -0.0958. The van der Waals surface area contributed by atoms with E-state index in [1.807, 2.05) is 6.92 Å². The zero-order valence-electron chi connectivity index (χ0n) is 10.4. The number of carbonyl (C=O) groups is 1. The Morgan fingerprint density at radius 3 is 2.88 bits per heavy atom. The molecule has 2 nitrogen and oxygen atoms in total. The van der Waals surface area contributed by atoms with Crippen LogP contribution in [0.25, 0.3) is 0 Å². The van der Waals surface area contributed by atoms with E-state index in [1.165, 1.54) is 30.4 Å². The van der Waals surface area contributed by atoms with E-state index in [9.17, 15) is 4.79 Å². The van der Waals surface area contributed by atoms with Crippen molar-refractivity contribution in [3.05, 3.63) is 35.4 Å². The van der Waals surface area contributed by atoms with Crippen LogP contribution in [-0.2, 0) is 16.0 Å². The van der Waals surface area contributed by atoms with Crippen molar-refractivity contribution in [2.24, 2.45) is 0 Å². The van der Waals surface area contributed by atoms with Crippen LogP contribution in [0, 0.1) is 0 Å². The monoisotopic (exact) mass is 232 g/mol. The lowest BCUT2D eigenvalue weighted by molar-refractivity contribution is -0.143. The van der Waals surface area contributed by atoms with E-state index < -0.39 is 0 Å². The van der Waals surface area contributed by atoms with Crippen LogP contribution in [0.5, 0.6) is 0 Å². The number of benzene rings is 1. The predicted octanol–water partition coefficient (Wildman–Crippen LogP) is 3.45. The Labute approximate surface area is 103 Å². The van der Waals surface area contributed by atoms with Crippen molar-refractivity contribution in [3.63, 3.8) is 0 Å². The first-order chi connectivity index (χ1) is 8.29. The fourth-order valence-corrected chi connectivity index (χ4v) is 2.22. The number of hydrogen-bond donors (Lipinski definition) is 0. The molecule has 0 amide bonds. The number of esters is 1. The third-order valence-electron chi connectivity index (χ3n) is 3.45. The number of rotatable bonds is 5. The average molecular weight is 232 g/mol. The Balaban J connectivity index is 1.89. The van der Waals surface area contributed by atoms with E-state index in [1.54, 1.807) is 0 Å². The SMILES string of the molecule is CCOC(=O)CCc1cccc(C2CCC2)c1. The molecule has 0 aromatic heterocycles. The summed E-state index contributed by atoms with van der Waals surface area (Å²) in [5.41, 5.74) is 2.69. The summed E-state index contributed by atoms with van der Waals surface area (Å²) < 4.78 is 4.93. The first-order valence-corrected chi connectivity index (χ1v) is 6.54. The molecule has 1 saturated carbocycles. The molecule has 2 heteroatoms. The molecule has 0 bridgehead atoms. The molecule has 92 valence electrons. The summed E-state index contributed by atoms with van der Waals surface area (Å²) in [4.78, 5) is 11.3. The minimum absolute atomic E-state index is 0.0958. The van der Waals surface area contributed by atoms with Gasteiger partial charge in [0.2, 0.25) is 0 Å². The van der Waals surface area contributed by atoms with E-state index in [0.29, 0.717) is 13.0 Å². The van der Waals surface area contributed by atoms with Gasteiger partial charge in [0.25, 0.3) is 0 Å². The van der Waals surface area contributed by atoms with E-state index in [2.05, 4.69) is 24.3 Å². The molecule has 0 aliphatic heterocycles. The van der Waals surface area contributed by atoms with Gasteiger partial charge in [-0.1, -0.05) is 30.7 Å². The highest BCUT2D eigenvalue weighted by Crippen LogP contribution is 2.36. The van der Waals surface area contributed by atoms with E-state index in [-0.39, 0.29) is 5.97 Å². The maximum atomic E-state index is 11.3. The summed E-state index contributed by atoms with van der Waals surface area (Å²) in [6, 6.07) is 8.66. The van der Waals surface area contributed by atoms with Crippen LogP contribution in [0.3, 0.4) is 0 Å². The van der Waals surface area contributed by atoms with E-state index >= 15 is 0 Å². The molecule has 0 unspecified atom stereocenters. The lowest BCUT2D eigenvalue weighted by Crippen LogP contribution is -2.09. The molecule has 0 radical (unpaired) electrons. The molecule has 2 rings (SSSR count).